The van der Waals surface area contributed by atoms with Crippen LogP contribution in [0.3, 0.4) is 0 Å². The lowest BCUT2D eigenvalue weighted by molar-refractivity contribution is 0.304. The molecule has 0 spiro atoms. The first-order valence-electron chi connectivity index (χ1n) is 6.42. The van der Waals surface area contributed by atoms with E-state index in [0.717, 1.165) is 12.8 Å². The fourth-order valence-corrected chi connectivity index (χ4v) is 1.80. The summed E-state index contributed by atoms with van der Waals surface area (Å²) in [5.74, 6) is 6.57. The van der Waals surface area contributed by atoms with Crippen molar-refractivity contribution in [3.63, 3.8) is 0 Å². The van der Waals surface area contributed by atoms with Crippen molar-refractivity contribution in [2.45, 2.75) is 38.6 Å². The van der Waals surface area contributed by atoms with Gasteiger partial charge in [-0.2, -0.15) is 0 Å². The summed E-state index contributed by atoms with van der Waals surface area (Å²) in [7, 11) is 4.23. The Balaban J connectivity index is 2.58. The molecule has 1 nitrogen and oxygen atoms in total. The molecule has 0 saturated carbocycles. The second kappa shape index (κ2) is 7.92. The molecule has 17 heavy (non-hydrogen) atoms. The molecule has 0 fully saturated rings. The molecule has 1 aromatic rings. The zero-order valence-corrected chi connectivity index (χ0v) is 11.2. The third kappa shape index (κ3) is 5.06. The van der Waals surface area contributed by atoms with Gasteiger partial charge < -0.3 is 4.90 Å². The number of rotatable bonds is 5. The van der Waals surface area contributed by atoms with E-state index in [1.807, 2.05) is 0 Å². The third-order valence-corrected chi connectivity index (χ3v) is 2.88. The first-order valence-corrected chi connectivity index (χ1v) is 6.42. The Morgan fingerprint density at radius 2 is 1.82 bits per heavy atom. The first-order chi connectivity index (χ1) is 8.25. The van der Waals surface area contributed by atoms with Crippen LogP contribution in [0.25, 0.3) is 0 Å². The average molecular weight is 229 g/mol. The highest BCUT2D eigenvalue weighted by atomic mass is 15.1. The first kappa shape index (κ1) is 13.8. The standard InChI is InChI=1S/C16H23N/c1-4-5-6-7-11-14-16(17(2)3)15-12-9-8-10-13-15/h8-10,12-13,16H,4-6,14H2,1-3H3. The average Bonchev–Trinajstić information content (AvgIpc) is 2.34. The largest absolute Gasteiger partial charge is 0.301 e. The molecule has 0 aliphatic rings. The van der Waals surface area contributed by atoms with Crippen molar-refractivity contribution in [2.75, 3.05) is 14.1 Å². The Morgan fingerprint density at radius 3 is 2.41 bits per heavy atom. The van der Waals surface area contributed by atoms with E-state index in [2.05, 4.69) is 68.1 Å². The molecule has 0 bridgehead atoms. The van der Waals surface area contributed by atoms with Gasteiger partial charge in [0.2, 0.25) is 0 Å². The molecule has 0 saturated heterocycles. The van der Waals surface area contributed by atoms with Gasteiger partial charge in [0.1, 0.15) is 0 Å². The van der Waals surface area contributed by atoms with E-state index in [9.17, 15) is 0 Å². The minimum absolute atomic E-state index is 0.408. The van der Waals surface area contributed by atoms with Gasteiger partial charge in [0.25, 0.3) is 0 Å². The summed E-state index contributed by atoms with van der Waals surface area (Å²) in [5.41, 5.74) is 1.35. The van der Waals surface area contributed by atoms with Crippen LogP contribution in [0.2, 0.25) is 0 Å². The van der Waals surface area contributed by atoms with E-state index >= 15 is 0 Å². The maximum atomic E-state index is 3.31. The Kier molecular flexibility index (Phi) is 6.43. The molecule has 0 aromatic heterocycles. The highest BCUT2D eigenvalue weighted by Gasteiger charge is 2.11. The molecule has 0 aliphatic carbocycles. The lowest BCUT2D eigenvalue weighted by atomic mass is 10.0. The van der Waals surface area contributed by atoms with Gasteiger partial charge in [-0.25, -0.2) is 0 Å². The highest BCUT2D eigenvalue weighted by molar-refractivity contribution is 5.20. The van der Waals surface area contributed by atoms with E-state index in [4.69, 9.17) is 0 Å². The molecule has 0 amide bonds. The third-order valence-electron chi connectivity index (χ3n) is 2.88. The molecule has 92 valence electrons. The van der Waals surface area contributed by atoms with Gasteiger partial charge in [0.05, 0.1) is 0 Å². The van der Waals surface area contributed by atoms with Gasteiger partial charge in [0, 0.05) is 18.9 Å². The van der Waals surface area contributed by atoms with E-state index in [-0.39, 0.29) is 0 Å². The van der Waals surface area contributed by atoms with Crippen LogP contribution in [-0.4, -0.2) is 19.0 Å². The molecule has 1 atom stereocenters. The Labute approximate surface area is 106 Å². The van der Waals surface area contributed by atoms with Crippen LogP contribution in [-0.2, 0) is 0 Å². The second-order valence-electron chi connectivity index (χ2n) is 4.55. The normalized spacial score (nSPS) is 12.0. The minimum atomic E-state index is 0.408. The predicted molar refractivity (Wildman–Crippen MR) is 74.8 cm³/mol. The molecule has 0 aliphatic heterocycles. The molecule has 0 radical (unpaired) electrons. The predicted octanol–water partition coefficient (Wildman–Crippen LogP) is 3.87. The van der Waals surface area contributed by atoms with Gasteiger partial charge in [0.15, 0.2) is 0 Å². The van der Waals surface area contributed by atoms with Gasteiger partial charge >= 0.3 is 0 Å². The van der Waals surface area contributed by atoms with E-state index in [0.29, 0.717) is 6.04 Å². The van der Waals surface area contributed by atoms with Crippen LogP contribution < -0.4 is 0 Å². The van der Waals surface area contributed by atoms with Gasteiger partial charge in [-0.1, -0.05) is 43.7 Å². The van der Waals surface area contributed by atoms with Crippen LogP contribution in [0.15, 0.2) is 30.3 Å². The fraction of sp³-hybridized carbons (Fsp3) is 0.500. The number of unbranched alkanes of at least 4 members (excludes halogenated alkanes) is 2. The summed E-state index contributed by atoms with van der Waals surface area (Å²) in [6, 6.07) is 11.0. The lowest BCUT2D eigenvalue weighted by Crippen LogP contribution is -2.19. The Bertz CT molecular complexity index is 356. The lowest BCUT2D eigenvalue weighted by Gasteiger charge is -2.22. The molecule has 0 N–H and O–H groups in total. The van der Waals surface area contributed by atoms with Crippen molar-refractivity contribution in [2.24, 2.45) is 0 Å². The quantitative estimate of drug-likeness (QED) is 0.547. The number of benzene rings is 1. The van der Waals surface area contributed by atoms with Gasteiger partial charge in [-0.3, -0.25) is 0 Å². The maximum absolute atomic E-state index is 3.31. The van der Waals surface area contributed by atoms with E-state index in [1.165, 1.54) is 18.4 Å². The minimum Gasteiger partial charge on any atom is -0.301 e. The fourth-order valence-electron chi connectivity index (χ4n) is 1.80. The molecule has 1 unspecified atom stereocenters. The van der Waals surface area contributed by atoms with Crippen molar-refractivity contribution in [1.82, 2.24) is 4.90 Å². The number of hydrogen-bond acceptors (Lipinski definition) is 1. The molecule has 0 heterocycles. The zero-order chi connectivity index (χ0) is 12.5. The van der Waals surface area contributed by atoms with Crippen LogP contribution >= 0.6 is 0 Å². The molecular formula is C16H23N. The van der Waals surface area contributed by atoms with E-state index < -0.39 is 0 Å². The summed E-state index contributed by atoms with van der Waals surface area (Å²) in [5, 5.41) is 0. The van der Waals surface area contributed by atoms with Crippen LogP contribution in [0.4, 0.5) is 0 Å². The summed E-state index contributed by atoms with van der Waals surface area (Å²) < 4.78 is 0. The van der Waals surface area contributed by atoms with Crippen LogP contribution in [0, 0.1) is 11.8 Å². The van der Waals surface area contributed by atoms with Crippen LogP contribution in [0.5, 0.6) is 0 Å². The molecule has 1 heteroatoms. The topological polar surface area (TPSA) is 3.24 Å². The summed E-state index contributed by atoms with van der Waals surface area (Å²) in [6.45, 7) is 2.20. The smallest absolute Gasteiger partial charge is 0.0451 e. The SMILES string of the molecule is CCCCC#CCC(c1ccccc1)N(C)C. The molecule has 1 aromatic carbocycles. The van der Waals surface area contributed by atoms with Crippen LogP contribution in [0.1, 0.15) is 44.2 Å². The van der Waals surface area contributed by atoms with Gasteiger partial charge in [-0.15, -0.1) is 11.8 Å². The van der Waals surface area contributed by atoms with Crippen molar-refractivity contribution in [3.05, 3.63) is 35.9 Å². The maximum Gasteiger partial charge on any atom is 0.0451 e. The Hall–Kier alpha value is -1.26. The van der Waals surface area contributed by atoms with E-state index in [1.54, 1.807) is 0 Å². The number of nitrogens with zero attached hydrogens (tertiary/aromatic N) is 1. The summed E-state index contributed by atoms with van der Waals surface area (Å²) in [6.07, 6.45) is 4.39. The molecular weight excluding hydrogens is 206 g/mol. The van der Waals surface area contributed by atoms with Crippen molar-refractivity contribution in [3.8, 4) is 11.8 Å². The second-order valence-corrected chi connectivity index (χ2v) is 4.55. The van der Waals surface area contributed by atoms with Gasteiger partial charge in [-0.05, 0) is 26.1 Å². The number of hydrogen-bond donors (Lipinski definition) is 0. The summed E-state index contributed by atoms with van der Waals surface area (Å²) >= 11 is 0. The highest BCUT2D eigenvalue weighted by Crippen LogP contribution is 2.20. The monoisotopic (exact) mass is 229 g/mol. The van der Waals surface area contributed by atoms with Crippen molar-refractivity contribution < 1.29 is 0 Å². The van der Waals surface area contributed by atoms with Crippen molar-refractivity contribution in [1.29, 1.82) is 0 Å². The zero-order valence-electron chi connectivity index (χ0n) is 11.2. The summed E-state index contributed by atoms with van der Waals surface area (Å²) in [4.78, 5) is 2.24. The molecule has 1 rings (SSSR count). The van der Waals surface area contributed by atoms with Crippen molar-refractivity contribution >= 4 is 0 Å². The Morgan fingerprint density at radius 1 is 1.12 bits per heavy atom.